The highest BCUT2D eigenvalue weighted by molar-refractivity contribution is 7.93. The Bertz CT molecular complexity index is 856. The smallest absolute Gasteiger partial charge is 0.255 e. The Morgan fingerprint density at radius 3 is 2.24 bits per heavy atom. The van der Waals surface area contributed by atoms with Crippen molar-refractivity contribution >= 4 is 36.5 Å². The normalized spacial score (nSPS) is 12.3. The highest BCUT2D eigenvalue weighted by atomic mass is 32.2. The van der Waals surface area contributed by atoms with Crippen molar-refractivity contribution in [3.63, 3.8) is 0 Å². The number of anilines is 1. The van der Waals surface area contributed by atoms with Gasteiger partial charge in [-0.3, -0.25) is 4.72 Å². The molecule has 2 N–H and O–H groups in total. The Kier molecular flexibility index (Phi) is 4.33. The first-order valence-electron chi connectivity index (χ1n) is 5.73. The van der Waals surface area contributed by atoms with Crippen LogP contribution in [0.3, 0.4) is 0 Å². The van der Waals surface area contributed by atoms with Crippen LogP contribution >= 0.6 is 11.3 Å². The van der Waals surface area contributed by atoms with Gasteiger partial charge in [-0.2, -0.15) is 0 Å². The van der Waals surface area contributed by atoms with Crippen molar-refractivity contribution in [2.24, 2.45) is 0 Å². The fourth-order valence-corrected chi connectivity index (χ4v) is 4.30. The third kappa shape index (κ3) is 3.59. The minimum atomic E-state index is -3.89. The molecular weight excluding hydrogens is 334 g/mol. The van der Waals surface area contributed by atoms with Crippen molar-refractivity contribution in [3.8, 4) is 0 Å². The summed E-state index contributed by atoms with van der Waals surface area (Å²) in [5.74, 6) is 0. The molecule has 7 nitrogen and oxygen atoms in total. The lowest BCUT2D eigenvalue weighted by molar-refractivity contribution is 0.588. The number of hydrogen-bond acceptors (Lipinski definition) is 6. The molecule has 0 aliphatic heterocycles. The average molecular weight is 347 g/mol. The first-order valence-corrected chi connectivity index (χ1v) is 9.52. The molecule has 0 saturated carbocycles. The van der Waals surface area contributed by atoms with Gasteiger partial charge in [0.05, 0.1) is 9.79 Å². The number of sulfonamides is 2. The number of aryl methyl sites for hydroxylation is 1. The van der Waals surface area contributed by atoms with E-state index in [-0.39, 0.29) is 14.9 Å². The maximum absolute atomic E-state index is 12.2. The lowest BCUT2D eigenvalue weighted by Crippen LogP contribution is -2.19. The van der Waals surface area contributed by atoms with E-state index in [1.165, 1.54) is 36.6 Å². The lowest BCUT2D eigenvalue weighted by Gasteiger charge is -2.07. The van der Waals surface area contributed by atoms with Crippen LogP contribution in [0, 0.1) is 6.92 Å². The minimum absolute atomic E-state index is 0.122. The van der Waals surface area contributed by atoms with Gasteiger partial charge >= 0.3 is 0 Å². The molecule has 0 amide bonds. The highest BCUT2D eigenvalue weighted by Gasteiger charge is 2.19. The minimum Gasteiger partial charge on any atom is -0.255 e. The van der Waals surface area contributed by atoms with Crippen molar-refractivity contribution in [1.29, 1.82) is 0 Å². The second-order valence-corrected chi connectivity index (χ2v) is 8.87. The maximum atomic E-state index is 12.2. The Morgan fingerprint density at radius 2 is 1.71 bits per heavy atom. The van der Waals surface area contributed by atoms with Crippen molar-refractivity contribution in [3.05, 3.63) is 35.3 Å². The molecule has 0 aliphatic rings. The second-order valence-electron chi connectivity index (χ2n) is 4.06. The van der Waals surface area contributed by atoms with Crippen molar-refractivity contribution < 1.29 is 16.8 Å². The molecule has 0 saturated heterocycles. The monoisotopic (exact) mass is 347 g/mol. The molecule has 0 atom stereocenters. The summed E-state index contributed by atoms with van der Waals surface area (Å²) in [6.45, 7) is 1.80. The summed E-state index contributed by atoms with van der Waals surface area (Å²) in [6, 6.07) is 5.09. The third-order valence-corrected chi connectivity index (χ3v) is 6.24. The van der Waals surface area contributed by atoms with Gasteiger partial charge in [0.1, 0.15) is 0 Å². The Morgan fingerprint density at radius 1 is 1.10 bits per heavy atom. The molecule has 0 spiro atoms. The van der Waals surface area contributed by atoms with E-state index in [2.05, 4.69) is 14.4 Å². The average Bonchev–Trinajstić information content (AvgIpc) is 2.83. The molecule has 21 heavy (non-hydrogen) atoms. The van der Waals surface area contributed by atoms with Crippen molar-refractivity contribution in [1.82, 2.24) is 9.71 Å². The van der Waals surface area contributed by atoms with Crippen LogP contribution in [0.5, 0.6) is 0 Å². The number of rotatable bonds is 5. The summed E-state index contributed by atoms with van der Waals surface area (Å²) in [6.07, 6.45) is 1.55. The summed E-state index contributed by atoms with van der Waals surface area (Å²) >= 11 is 1.19. The highest BCUT2D eigenvalue weighted by Crippen LogP contribution is 2.22. The molecule has 0 fully saturated rings. The summed E-state index contributed by atoms with van der Waals surface area (Å²) in [7, 11) is -6.33. The number of nitrogens with one attached hydrogen (secondary N) is 2. The van der Waals surface area contributed by atoms with E-state index in [4.69, 9.17) is 0 Å². The summed E-state index contributed by atoms with van der Waals surface area (Å²) in [4.78, 5) is 4.50. The Hall–Kier alpha value is -1.49. The molecule has 2 aromatic rings. The summed E-state index contributed by atoms with van der Waals surface area (Å²) in [5, 5.41) is 0.231. The second kappa shape index (κ2) is 5.72. The molecule has 1 aromatic carbocycles. The predicted octanol–water partition coefficient (Wildman–Crippen LogP) is 1.16. The van der Waals surface area contributed by atoms with Gasteiger partial charge in [-0.1, -0.05) is 6.07 Å². The number of hydrogen-bond donors (Lipinski definition) is 2. The van der Waals surface area contributed by atoms with Crippen molar-refractivity contribution in [2.75, 3.05) is 11.8 Å². The van der Waals surface area contributed by atoms with Gasteiger partial charge in [0.2, 0.25) is 10.0 Å². The van der Waals surface area contributed by atoms with Gasteiger partial charge in [0.25, 0.3) is 10.0 Å². The zero-order valence-electron chi connectivity index (χ0n) is 11.2. The largest absolute Gasteiger partial charge is 0.263 e. The van der Waals surface area contributed by atoms with Crippen LogP contribution in [0.4, 0.5) is 5.13 Å². The number of benzene rings is 1. The van der Waals surface area contributed by atoms with E-state index in [9.17, 15) is 16.8 Å². The summed E-state index contributed by atoms with van der Waals surface area (Å²) in [5.41, 5.74) is 0. The Labute approximate surface area is 127 Å². The van der Waals surface area contributed by atoms with Crippen LogP contribution in [-0.2, 0) is 20.0 Å². The van der Waals surface area contributed by atoms with Crippen LogP contribution in [-0.4, -0.2) is 28.9 Å². The predicted molar refractivity (Wildman–Crippen MR) is 80.3 cm³/mol. The lowest BCUT2D eigenvalue weighted by atomic mass is 10.4. The fourth-order valence-electron chi connectivity index (χ4n) is 1.50. The molecule has 2 rings (SSSR count). The molecule has 0 aliphatic carbocycles. The first-order chi connectivity index (χ1) is 9.74. The SMILES string of the molecule is CNS(=O)(=O)c1cccc(S(=O)(=O)Nc2ncc(C)s2)c1. The molecule has 1 aromatic heterocycles. The van der Waals surface area contributed by atoms with Gasteiger partial charge in [-0.05, 0) is 32.2 Å². The summed E-state index contributed by atoms with van der Waals surface area (Å²) < 4.78 is 52.3. The molecule has 0 unspecified atom stereocenters. The van der Waals surface area contributed by atoms with Crippen LogP contribution < -0.4 is 9.44 Å². The standard InChI is InChI=1S/C11H13N3O4S3/c1-8-7-13-11(19-8)14-21(17,18)10-5-3-4-9(6-10)20(15,16)12-2/h3-7,12H,1-2H3,(H,13,14). The van der Waals surface area contributed by atoms with Gasteiger partial charge in [0, 0.05) is 11.1 Å². The molecule has 114 valence electrons. The Balaban J connectivity index is 2.39. The topological polar surface area (TPSA) is 105 Å². The van der Waals surface area contributed by atoms with Crippen LogP contribution in [0.15, 0.2) is 40.3 Å². The van der Waals surface area contributed by atoms with E-state index in [1.54, 1.807) is 13.1 Å². The first kappa shape index (κ1) is 15.9. The van der Waals surface area contributed by atoms with E-state index < -0.39 is 20.0 Å². The number of thiazole rings is 1. The molecule has 0 radical (unpaired) electrons. The number of nitrogens with zero attached hydrogens (tertiary/aromatic N) is 1. The van der Waals surface area contributed by atoms with E-state index in [0.717, 1.165) is 10.9 Å². The maximum Gasteiger partial charge on any atom is 0.263 e. The van der Waals surface area contributed by atoms with Gasteiger partial charge in [-0.15, -0.1) is 11.3 Å². The quantitative estimate of drug-likeness (QED) is 0.844. The van der Waals surface area contributed by atoms with E-state index in [1.807, 2.05) is 0 Å². The molecule has 10 heteroatoms. The molecular formula is C11H13N3O4S3. The van der Waals surface area contributed by atoms with E-state index >= 15 is 0 Å². The van der Waals surface area contributed by atoms with Gasteiger partial charge in [-0.25, -0.2) is 26.5 Å². The van der Waals surface area contributed by atoms with Gasteiger partial charge in [0.15, 0.2) is 5.13 Å². The molecule has 1 heterocycles. The zero-order chi connectivity index (χ0) is 15.7. The van der Waals surface area contributed by atoms with Crippen LogP contribution in [0.2, 0.25) is 0 Å². The fraction of sp³-hybridized carbons (Fsp3) is 0.182. The molecule has 0 bridgehead atoms. The van der Waals surface area contributed by atoms with Crippen LogP contribution in [0.25, 0.3) is 0 Å². The third-order valence-electron chi connectivity index (χ3n) is 2.54. The van der Waals surface area contributed by atoms with Crippen molar-refractivity contribution in [2.45, 2.75) is 16.7 Å². The number of aromatic nitrogens is 1. The van der Waals surface area contributed by atoms with Crippen LogP contribution in [0.1, 0.15) is 4.88 Å². The van der Waals surface area contributed by atoms with Gasteiger partial charge < -0.3 is 0 Å². The zero-order valence-corrected chi connectivity index (χ0v) is 13.6. The van der Waals surface area contributed by atoms with E-state index in [0.29, 0.717) is 0 Å².